The van der Waals surface area contributed by atoms with Crippen molar-refractivity contribution in [3.63, 3.8) is 0 Å². The molecule has 0 bridgehead atoms. The van der Waals surface area contributed by atoms with Crippen LogP contribution in [0.2, 0.25) is 0 Å². The number of para-hydroxylation sites is 1. The van der Waals surface area contributed by atoms with Gasteiger partial charge < -0.3 is 10.0 Å². The van der Waals surface area contributed by atoms with Gasteiger partial charge in [0.05, 0.1) is 6.42 Å². The molecule has 1 aliphatic rings. The fraction of sp³-hybridized carbons (Fsp3) is 0.562. The summed E-state index contributed by atoms with van der Waals surface area (Å²) in [7, 11) is 0. The maximum Gasteiger partial charge on any atom is 0.227 e. The molecule has 1 aromatic carbocycles. The molecule has 3 nitrogen and oxygen atoms in total. The predicted molar refractivity (Wildman–Crippen MR) is 76.1 cm³/mol. The van der Waals surface area contributed by atoms with Gasteiger partial charge in [-0.1, -0.05) is 31.5 Å². The highest BCUT2D eigenvalue weighted by Crippen LogP contribution is 2.23. The zero-order valence-corrected chi connectivity index (χ0v) is 11.6. The number of carbonyl (C=O) groups excluding carboxylic acids is 1. The molecule has 3 heteroatoms. The van der Waals surface area contributed by atoms with Crippen molar-refractivity contribution in [2.75, 3.05) is 6.54 Å². The second-order valence-electron chi connectivity index (χ2n) is 5.33. The molecular weight excluding hydrogens is 238 g/mol. The molecule has 19 heavy (non-hydrogen) atoms. The van der Waals surface area contributed by atoms with Gasteiger partial charge in [-0.15, -0.1) is 0 Å². The van der Waals surface area contributed by atoms with Gasteiger partial charge in [0, 0.05) is 18.2 Å². The van der Waals surface area contributed by atoms with Gasteiger partial charge in [-0.2, -0.15) is 0 Å². The lowest BCUT2D eigenvalue weighted by Crippen LogP contribution is -2.44. The van der Waals surface area contributed by atoms with Crippen molar-refractivity contribution in [1.29, 1.82) is 0 Å². The van der Waals surface area contributed by atoms with Crippen LogP contribution in [0.25, 0.3) is 0 Å². The van der Waals surface area contributed by atoms with Crippen LogP contribution >= 0.6 is 0 Å². The molecule has 0 saturated carbocycles. The van der Waals surface area contributed by atoms with Crippen LogP contribution in [-0.4, -0.2) is 28.5 Å². The van der Waals surface area contributed by atoms with Gasteiger partial charge in [-0.3, -0.25) is 4.79 Å². The molecule has 1 amide bonds. The standard InChI is InChI=1S/C16H23NO2/c1-2-7-14-9-5-6-11-17(14)16(19)12-13-8-3-4-10-15(13)18/h3-4,8,10,14,18H,2,5-7,9,11-12H2,1H3. The number of amides is 1. The van der Waals surface area contributed by atoms with E-state index < -0.39 is 0 Å². The smallest absolute Gasteiger partial charge is 0.227 e. The van der Waals surface area contributed by atoms with E-state index in [2.05, 4.69) is 6.92 Å². The molecule has 104 valence electrons. The third-order valence-corrected chi connectivity index (χ3v) is 3.90. The molecule has 0 aromatic heterocycles. The van der Waals surface area contributed by atoms with Gasteiger partial charge in [0.25, 0.3) is 0 Å². The highest BCUT2D eigenvalue weighted by Gasteiger charge is 2.26. The van der Waals surface area contributed by atoms with E-state index in [1.807, 2.05) is 17.0 Å². The normalized spacial score (nSPS) is 19.4. The molecule has 1 aliphatic heterocycles. The van der Waals surface area contributed by atoms with Crippen LogP contribution in [0, 0.1) is 0 Å². The Hall–Kier alpha value is -1.51. The molecule has 1 aromatic rings. The van der Waals surface area contributed by atoms with Crippen LogP contribution in [0.15, 0.2) is 24.3 Å². The van der Waals surface area contributed by atoms with Crippen LogP contribution < -0.4 is 0 Å². The molecule has 1 fully saturated rings. The molecule has 2 rings (SSSR count). The average molecular weight is 261 g/mol. The van der Waals surface area contributed by atoms with Crippen LogP contribution in [0.1, 0.15) is 44.6 Å². The third kappa shape index (κ3) is 3.49. The first kappa shape index (κ1) is 13.9. The molecule has 1 unspecified atom stereocenters. The van der Waals surface area contributed by atoms with Crippen molar-refractivity contribution < 1.29 is 9.90 Å². The van der Waals surface area contributed by atoms with E-state index in [1.54, 1.807) is 12.1 Å². The first-order valence-corrected chi connectivity index (χ1v) is 7.28. The minimum atomic E-state index is 0.152. The number of likely N-dealkylation sites (tertiary alicyclic amines) is 1. The Morgan fingerprint density at radius 1 is 1.37 bits per heavy atom. The van der Waals surface area contributed by atoms with Crippen molar-refractivity contribution >= 4 is 5.91 Å². The van der Waals surface area contributed by atoms with Crippen molar-refractivity contribution in [3.8, 4) is 5.75 Å². The molecule has 1 saturated heterocycles. The predicted octanol–water partition coefficient (Wildman–Crippen LogP) is 3.12. The Kier molecular flexibility index (Phi) is 4.83. The van der Waals surface area contributed by atoms with Crippen molar-refractivity contribution in [3.05, 3.63) is 29.8 Å². The Morgan fingerprint density at radius 3 is 2.89 bits per heavy atom. The highest BCUT2D eigenvalue weighted by molar-refractivity contribution is 5.79. The van der Waals surface area contributed by atoms with E-state index in [4.69, 9.17) is 0 Å². The number of hydrogen-bond donors (Lipinski definition) is 1. The largest absolute Gasteiger partial charge is 0.508 e. The number of piperidine rings is 1. The van der Waals surface area contributed by atoms with Crippen molar-refractivity contribution in [1.82, 2.24) is 4.90 Å². The summed E-state index contributed by atoms with van der Waals surface area (Å²) >= 11 is 0. The zero-order chi connectivity index (χ0) is 13.7. The number of aromatic hydroxyl groups is 1. The minimum Gasteiger partial charge on any atom is -0.508 e. The summed E-state index contributed by atoms with van der Waals surface area (Å²) in [4.78, 5) is 14.4. The second-order valence-corrected chi connectivity index (χ2v) is 5.33. The van der Waals surface area contributed by atoms with Crippen LogP contribution in [0.3, 0.4) is 0 Å². The fourth-order valence-corrected chi connectivity index (χ4v) is 2.89. The van der Waals surface area contributed by atoms with E-state index in [1.165, 1.54) is 6.42 Å². The van der Waals surface area contributed by atoms with Crippen LogP contribution in [0.4, 0.5) is 0 Å². The number of nitrogens with zero attached hydrogens (tertiary/aromatic N) is 1. The lowest BCUT2D eigenvalue weighted by Gasteiger charge is -2.36. The summed E-state index contributed by atoms with van der Waals surface area (Å²) in [5.74, 6) is 0.375. The van der Waals surface area contributed by atoms with Crippen LogP contribution in [-0.2, 0) is 11.2 Å². The highest BCUT2D eigenvalue weighted by atomic mass is 16.3. The summed E-state index contributed by atoms with van der Waals surface area (Å²) in [5, 5.41) is 9.76. The zero-order valence-electron chi connectivity index (χ0n) is 11.6. The topological polar surface area (TPSA) is 40.5 Å². The van der Waals surface area contributed by atoms with E-state index in [0.29, 0.717) is 12.5 Å². The first-order valence-electron chi connectivity index (χ1n) is 7.28. The molecule has 0 aliphatic carbocycles. The molecular formula is C16H23NO2. The molecule has 0 spiro atoms. The third-order valence-electron chi connectivity index (χ3n) is 3.90. The Balaban J connectivity index is 2.03. The van der Waals surface area contributed by atoms with E-state index >= 15 is 0 Å². The van der Waals surface area contributed by atoms with Crippen molar-refractivity contribution in [2.24, 2.45) is 0 Å². The van der Waals surface area contributed by atoms with Gasteiger partial charge in [-0.05, 0) is 31.7 Å². The van der Waals surface area contributed by atoms with Gasteiger partial charge in [0.2, 0.25) is 5.91 Å². The van der Waals surface area contributed by atoms with E-state index in [9.17, 15) is 9.90 Å². The van der Waals surface area contributed by atoms with E-state index in [0.717, 1.165) is 37.8 Å². The van der Waals surface area contributed by atoms with Crippen LogP contribution in [0.5, 0.6) is 5.75 Å². The quantitative estimate of drug-likeness (QED) is 0.904. The number of phenolic OH excluding ortho intramolecular Hbond substituents is 1. The van der Waals surface area contributed by atoms with E-state index in [-0.39, 0.29) is 11.7 Å². The number of carbonyl (C=O) groups is 1. The van der Waals surface area contributed by atoms with Crippen molar-refractivity contribution in [2.45, 2.75) is 51.5 Å². The molecule has 1 atom stereocenters. The lowest BCUT2D eigenvalue weighted by atomic mass is 9.97. The summed E-state index contributed by atoms with van der Waals surface area (Å²) in [5.41, 5.74) is 0.730. The summed E-state index contributed by atoms with van der Waals surface area (Å²) in [6.45, 7) is 3.04. The summed E-state index contributed by atoms with van der Waals surface area (Å²) in [6, 6.07) is 7.51. The number of benzene rings is 1. The Labute approximate surface area is 115 Å². The summed E-state index contributed by atoms with van der Waals surface area (Å²) in [6.07, 6.45) is 5.97. The van der Waals surface area contributed by atoms with Gasteiger partial charge in [0.15, 0.2) is 0 Å². The first-order chi connectivity index (χ1) is 9.22. The van der Waals surface area contributed by atoms with Gasteiger partial charge in [-0.25, -0.2) is 0 Å². The van der Waals surface area contributed by atoms with Gasteiger partial charge in [0.1, 0.15) is 5.75 Å². The average Bonchev–Trinajstić information content (AvgIpc) is 2.42. The Bertz CT molecular complexity index is 429. The maximum atomic E-state index is 12.4. The monoisotopic (exact) mass is 261 g/mol. The molecule has 1 heterocycles. The Morgan fingerprint density at radius 2 is 2.16 bits per heavy atom. The molecule has 1 N–H and O–H groups in total. The van der Waals surface area contributed by atoms with Gasteiger partial charge >= 0.3 is 0 Å². The molecule has 0 radical (unpaired) electrons. The SMILES string of the molecule is CCCC1CCCCN1C(=O)Cc1ccccc1O. The lowest BCUT2D eigenvalue weighted by molar-refractivity contribution is -0.134. The number of rotatable bonds is 4. The number of hydrogen-bond acceptors (Lipinski definition) is 2. The summed E-state index contributed by atoms with van der Waals surface area (Å²) < 4.78 is 0. The maximum absolute atomic E-state index is 12.4. The second kappa shape index (κ2) is 6.60. The number of phenols is 1. The fourth-order valence-electron chi connectivity index (χ4n) is 2.89. The minimum absolute atomic E-state index is 0.152.